The van der Waals surface area contributed by atoms with Crippen molar-refractivity contribution >= 4 is 28.7 Å². The molecule has 3 aromatic carbocycles. The first-order valence-corrected chi connectivity index (χ1v) is 9.01. The van der Waals surface area contributed by atoms with Gasteiger partial charge in [-0.1, -0.05) is 48.5 Å². The van der Waals surface area contributed by atoms with Gasteiger partial charge in [0.15, 0.2) is 16.6 Å². The van der Waals surface area contributed by atoms with Gasteiger partial charge in [0.25, 0.3) is 0 Å². The van der Waals surface area contributed by atoms with Gasteiger partial charge in [0.05, 0.1) is 20.8 Å². The van der Waals surface area contributed by atoms with E-state index in [1.54, 1.807) is 14.2 Å². The number of hydrogen-bond donors (Lipinski definition) is 1. The Balaban J connectivity index is 1.85. The minimum absolute atomic E-state index is 0.609. The number of benzene rings is 3. The third kappa shape index (κ3) is 4.77. The minimum atomic E-state index is 0.609. The van der Waals surface area contributed by atoms with Crippen LogP contribution < -0.4 is 19.7 Å². The molecule has 3 rings (SSSR count). The van der Waals surface area contributed by atoms with E-state index in [1.165, 1.54) is 5.56 Å². The molecule has 0 radical (unpaired) electrons. The monoisotopic (exact) mass is 378 g/mol. The van der Waals surface area contributed by atoms with Crippen LogP contribution in [0, 0.1) is 0 Å². The Labute approximate surface area is 165 Å². The lowest BCUT2D eigenvalue weighted by Gasteiger charge is -2.26. The fourth-order valence-electron chi connectivity index (χ4n) is 2.76. The van der Waals surface area contributed by atoms with E-state index in [1.807, 2.05) is 66.7 Å². The standard InChI is InChI=1S/C22H22N2O2S/c1-25-20-14-13-18(15-21(20)26-2)23-22(27)24(19-11-7-4-8-12-19)16-17-9-5-3-6-10-17/h3-15H,16H2,1-2H3,(H,23,27). The summed E-state index contributed by atoms with van der Waals surface area (Å²) in [7, 11) is 3.23. The number of methoxy groups -OCH3 is 2. The van der Waals surface area contributed by atoms with Gasteiger partial charge in [0, 0.05) is 17.4 Å². The minimum Gasteiger partial charge on any atom is -0.493 e. The summed E-state index contributed by atoms with van der Waals surface area (Å²) in [5.74, 6) is 1.33. The maximum atomic E-state index is 5.72. The second kappa shape index (κ2) is 9.05. The Morgan fingerprint density at radius 2 is 1.48 bits per heavy atom. The van der Waals surface area contributed by atoms with Crippen molar-refractivity contribution in [2.45, 2.75) is 6.54 Å². The van der Waals surface area contributed by atoms with Crippen LogP contribution in [0.15, 0.2) is 78.9 Å². The molecule has 1 N–H and O–H groups in total. The quantitative estimate of drug-likeness (QED) is 0.603. The second-order valence-corrected chi connectivity index (χ2v) is 6.29. The molecule has 5 heteroatoms. The third-order valence-electron chi connectivity index (χ3n) is 4.13. The van der Waals surface area contributed by atoms with E-state index in [4.69, 9.17) is 21.7 Å². The smallest absolute Gasteiger partial charge is 0.178 e. The number of anilines is 2. The lowest BCUT2D eigenvalue weighted by molar-refractivity contribution is 0.355. The summed E-state index contributed by atoms with van der Waals surface area (Å²) < 4.78 is 10.7. The number of nitrogens with zero attached hydrogens (tertiary/aromatic N) is 1. The van der Waals surface area contributed by atoms with Crippen molar-refractivity contribution in [3.05, 3.63) is 84.4 Å². The summed E-state index contributed by atoms with van der Waals surface area (Å²) in [5.41, 5.74) is 3.05. The van der Waals surface area contributed by atoms with Gasteiger partial charge in [-0.05, 0) is 42.0 Å². The molecule has 0 aliphatic heterocycles. The molecule has 0 atom stereocenters. The van der Waals surface area contributed by atoms with E-state index in [2.05, 4.69) is 22.3 Å². The maximum absolute atomic E-state index is 5.72. The number of thiocarbonyl (C=S) groups is 1. The van der Waals surface area contributed by atoms with E-state index < -0.39 is 0 Å². The molecule has 0 saturated carbocycles. The van der Waals surface area contributed by atoms with Crippen molar-refractivity contribution in [3.63, 3.8) is 0 Å². The Bertz CT molecular complexity index is 885. The van der Waals surface area contributed by atoms with E-state index >= 15 is 0 Å². The van der Waals surface area contributed by atoms with Crippen LogP contribution in [0.25, 0.3) is 0 Å². The summed E-state index contributed by atoms with van der Waals surface area (Å²) in [6, 6.07) is 26.0. The molecule has 3 aromatic rings. The van der Waals surface area contributed by atoms with Crippen molar-refractivity contribution in [3.8, 4) is 11.5 Å². The summed E-state index contributed by atoms with van der Waals surface area (Å²) in [5, 5.41) is 3.92. The molecular weight excluding hydrogens is 356 g/mol. The van der Waals surface area contributed by atoms with Gasteiger partial charge in [-0.3, -0.25) is 0 Å². The molecule has 0 bridgehead atoms. The van der Waals surface area contributed by atoms with E-state index in [9.17, 15) is 0 Å². The van der Waals surface area contributed by atoms with Crippen LogP contribution in [-0.4, -0.2) is 19.3 Å². The zero-order chi connectivity index (χ0) is 19.1. The highest BCUT2D eigenvalue weighted by molar-refractivity contribution is 7.80. The van der Waals surface area contributed by atoms with Crippen molar-refractivity contribution in [2.75, 3.05) is 24.4 Å². The maximum Gasteiger partial charge on any atom is 0.178 e. The molecule has 0 amide bonds. The average molecular weight is 378 g/mol. The number of para-hydroxylation sites is 1. The molecule has 0 spiro atoms. The van der Waals surface area contributed by atoms with Gasteiger partial charge < -0.3 is 19.7 Å². The Hall–Kier alpha value is -3.05. The average Bonchev–Trinajstić information content (AvgIpc) is 2.73. The zero-order valence-corrected chi connectivity index (χ0v) is 16.2. The summed E-state index contributed by atoms with van der Waals surface area (Å²) in [4.78, 5) is 2.07. The summed E-state index contributed by atoms with van der Waals surface area (Å²) in [6.45, 7) is 0.671. The van der Waals surface area contributed by atoms with Crippen LogP contribution in [0.2, 0.25) is 0 Å². The van der Waals surface area contributed by atoms with E-state index in [0.717, 1.165) is 11.4 Å². The first-order valence-electron chi connectivity index (χ1n) is 8.61. The molecule has 0 saturated heterocycles. The molecule has 0 unspecified atom stereocenters. The fraction of sp³-hybridized carbons (Fsp3) is 0.136. The number of nitrogens with one attached hydrogen (secondary N) is 1. The molecule has 0 aliphatic rings. The van der Waals surface area contributed by atoms with Crippen molar-refractivity contribution < 1.29 is 9.47 Å². The normalized spacial score (nSPS) is 10.1. The molecule has 0 fully saturated rings. The van der Waals surface area contributed by atoms with Crippen LogP contribution in [0.5, 0.6) is 11.5 Å². The lowest BCUT2D eigenvalue weighted by atomic mass is 10.2. The summed E-state index contributed by atoms with van der Waals surface area (Å²) >= 11 is 5.72. The molecule has 27 heavy (non-hydrogen) atoms. The number of hydrogen-bond acceptors (Lipinski definition) is 3. The van der Waals surface area contributed by atoms with E-state index in [-0.39, 0.29) is 0 Å². The van der Waals surface area contributed by atoms with Gasteiger partial charge in [0.1, 0.15) is 0 Å². The van der Waals surface area contributed by atoms with Gasteiger partial charge in [-0.2, -0.15) is 0 Å². The SMILES string of the molecule is COc1ccc(NC(=S)N(Cc2ccccc2)c2ccccc2)cc1OC. The molecule has 0 heterocycles. The predicted molar refractivity (Wildman–Crippen MR) is 115 cm³/mol. The van der Waals surface area contributed by atoms with Crippen molar-refractivity contribution in [1.29, 1.82) is 0 Å². The predicted octanol–water partition coefficient (Wildman–Crippen LogP) is 5.11. The topological polar surface area (TPSA) is 33.7 Å². The van der Waals surface area contributed by atoms with Crippen LogP contribution in [0.1, 0.15) is 5.56 Å². The van der Waals surface area contributed by atoms with Crippen LogP contribution in [0.4, 0.5) is 11.4 Å². The lowest BCUT2D eigenvalue weighted by Crippen LogP contribution is -2.34. The van der Waals surface area contributed by atoms with Crippen LogP contribution >= 0.6 is 12.2 Å². The fourth-order valence-corrected chi connectivity index (χ4v) is 3.05. The Morgan fingerprint density at radius 1 is 0.852 bits per heavy atom. The number of ether oxygens (including phenoxy) is 2. The molecule has 4 nitrogen and oxygen atoms in total. The first-order chi connectivity index (χ1) is 13.2. The molecule has 0 aromatic heterocycles. The largest absolute Gasteiger partial charge is 0.493 e. The highest BCUT2D eigenvalue weighted by Crippen LogP contribution is 2.30. The molecule has 0 aliphatic carbocycles. The van der Waals surface area contributed by atoms with Gasteiger partial charge >= 0.3 is 0 Å². The zero-order valence-electron chi connectivity index (χ0n) is 15.4. The Kier molecular flexibility index (Phi) is 6.28. The highest BCUT2D eigenvalue weighted by atomic mass is 32.1. The van der Waals surface area contributed by atoms with Crippen molar-refractivity contribution in [1.82, 2.24) is 0 Å². The number of rotatable bonds is 6. The van der Waals surface area contributed by atoms with E-state index in [0.29, 0.717) is 23.2 Å². The highest BCUT2D eigenvalue weighted by Gasteiger charge is 2.14. The van der Waals surface area contributed by atoms with Crippen LogP contribution in [0.3, 0.4) is 0 Å². The Morgan fingerprint density at radius 3 is 2.11 bits per heavy atom. The third-order valence-corrected chi connectivity index (χ3v) is 4.45. The molecular formula is C22H22N2O2S. The molecule has 138 valence electrons. The van der Waals surface area contributed by atoms with Crippen LogP contribution in [-0.2, 0) is 6.54 Å². The van der Waals surface area contributed by atoms with Gasteiger partial charge in [-0.15, -0.1) is 0 Å². The van der Waals surface area contributed by atoms with Gasteiger partial charge in [0.2, 0.25) is 0 Å². The second-order valence-electron chi connectivity index (χ2n) is 5.91. The summed E-state index contributed by atoms with van der Waals surface area (Å²) in [6.07, 6.45) is 0. The first kappa shape index (κ1) is 18.7. The van der Waals surface area contributed by atoms with Crippen molar-refractivity contribution in [2.24, 2.45) is 0 Å². The van der Waals surface area contributed by atoms with Gasteiger partial charge in [-0.25, -0.2) is 0 Å².